The quantitative estimate of drug-likeness (QED) is 0.414. The number of aryl methyl sites for hydroxylation is 1. The largest absolute Gasteiger partial charge is 0.458 e. The molecule has 1 aromatic rings. The number of esters is 1. The van der Waals surface area contributed by atoms with Gasteiger partial charge in [-0.05, 0) is 40.0 Å². The summed E-state index contributed by atoms with van der Waals surface area (Å²) in [6.45, 7) is 10.4. The summed E-state index contributed by atoms with van der Waals surface area (Å²) < 4.78 is 5.22. The number of carbonyl (C=O) groups is 4. The lowest BCUT2D eigenvalue weighted by atomic mass is 10.1. The molecular weight excluding hydrogens is 412 g/mol. The molecule has 2 atom stereocenters. The van der Waals surface area contributed by atoms with Gasteiger partial charge in [-0.1, -0.05) is 49.7 Å². The molecule has 1 rings (SSSR count). The molecule has 0 saturated heterocycles. The summed E-state index contributed by atoms with van der Waals surface area (Å²) in [5.41, 5.74) is 11.3. The van der Waals surface area contributed by atoms with Crippen molar-refractivity contribution in [2.24, 2.45) is 17.4 Å². The smallest absolute Gasteiger partial charge is 0.329 e. The molecule has 0 aliphatic carbocycles. The van der Waals surface area contributed by atoms with Crippen LogP contribution in [0.2, 0.25) is 0 Å². The number of ether oxygens (including phenoxy) is 1. The number of rotatable bonds is 9. The number of amides is 3. The number of hydrogen-bond acceptors (Lipinski definition) is 6. The van der Waals surface area contributed by atoms with Gasteiger partial charge in [0.05, 0.1) is 12.6 Å². The van der Waals surface area contributed by atoms with Crippen LogP contribution < -0.4 is 22.1 Å². The van der Waals surface area contributed by atoms with E-state index in [1.165, 1.54) is 5.56 Å². The predicted octanol–water partition coefficient (Wildman–Crippen LogP) is 1.17. The second-order valence-corrected chi connectivity index (χ2v) is 8.80. The molecule has 3 amide bonds. The third-order valence-electron chi connectivity index (χ3n) is 4.09. The maximum Gasteiger partial charge on any atom is 0.329 e. The number of carbonyl (C=O) groups excluding carboxylic acids is 4. The SMILES string of the molecule is CC(C)C(N)C(=O)NCC(=O)NC(CCC(N)=O)C(=O)OC(C)(C)C.Cc1ccccc1. The van der Waals surface area contributed by atoms with Crippen LogP contribution in [0.1, 0.15) is 53.0 Å². The van der Waals surface area contributed by atoms with Crippen molar-refractivity contribution in [3.63, 3.8) is 0 Å². The highest BCUT2D eigenvalue weighted by molar-refractivity contribution is 5.90. The van der Waals surface area contributed by atoms with E-state index in [4.69, 9.17) is 16.2 Å². The van der Waals surface area contributed by atoms with E-state index in [9.17, 15) is 19.2 Å². The van der Waals surface area contributed by atoms with Gasteiger partial charge in [0.2, 0.25) is 17.7 Å². The third kappa shape index (κ3) is 14.1. The summed E-state index contributed by atoms with van der Waals surface area (Å²) in [5.74, 6) is -2.40. The van der Waals surface area contributed by atoms with Gasteiger partial charge in [-0.15, -0.1) is 0 Å². The van der Waals surface area contributed by atoms with Crippen molar-refractivity contribution >= 4 is 23.7 Å². The Hall–Kier alpha value is -2.94. The van der Waals surface area contributed by atoms with Crippen LogP contribution in [0.5, 0.6) is 0 Å². The van der Waals surface area contributed by atoms with Crippen LogP contribution in [0.3, 0.4) is 0 Å². The van der Waals surface area contributed by atoms with Crippen molar-refractivity contribution in [3.05, 3.63) is 35.9 Å². The molecule has 0 aliphatic rings. The summed E-state index contributed by atoms with van der Waals surface area (Å²) in [4.78, 5) is 46.8. The third-order valence-corrected chi connectivity index (χ3v) is 4.09. The average Bonchev–Trinajstić information content (AvgIpc) is 2.68. The molecule has 6 N–H and O–H groups in total. The molecule has 0 aromatic heterocycles. The topological polar surface area (TPSA) is 154 Å². The molecule has 0 fully saturated rings. The zero-order valence-electron chi connectivity index (χ0n) is 19.9. The molecule has 2 unspecified atom stereocenters. The van der Waals surface area contributed by atoms with Gasteiger partial charge in [0.25, 0.3) is 0 Å². The van der Waals surface area contributed by atoms with Gasteiger partial charge in [0, 0.05) is 6.42 Å². The van der Waals surface area contributed by atoms with Crippen LogP contribution in [-0.4, -0.2) is 47.9 Å². The van der Waals surface area contributed by atoms with Crippen molar-refractivity contribution in [2.45, 2.75) is 72.1 Å². The normalized spacial score (nSPS) is 12.6. The van der Waals surface area contributed by atoms with Gasteiger partial charge >= 0.3 is 5.97 Å². The second-order valence-electron chi connectivity index (χ2n) is 8.80. The van der Waals surface area contributed by atoms with E-state index in [0.29, 0.717) is 0 Å². The van der Waals surface area contributed by atoms with Gasteiger partial charge in [0.1, 0.15) is 11.6 Å². The average molecular weight is 451 g/mol. The molecule has 0 spiro atoms. The first-order valence-electron chi connectivity index (χ1n) is 10.6. The van der Waals surface area contributed by atoms with Crippen LogP contribution in [0, 0.1) is 12.8 Å². The fourth-order valence-corrected chi connectivity index (χ4v) is 2.28. The fourth-order valence-electron chi connectivity index (χ4n) is 2.28. The molecular formula is C23H38N4O5. The predicted molar refractivity (Wildman–Crippen MR) is 123 cm³/mol. The zero-order valence-corrected chi connectivity index (χ0v) is 19.9. The van der Waals surface area contributed by atoms with Crippen molar-refractivity contribution in [1.29, 1.82) is 0 Å². The summed E-state index contributed by atoms with van der Waals surface area (Å²) in [6.07, 6.45) is -0.0792. The Morgan fingerprint density at radius 3 is 2.03 bits per heavy atom. The minimum Gasteiger partial charge on any atom is -0.458 e. The Bertz CT molecular complexity index is 745. The summed E-state index contributed by atoms with van der Waals surface area (Å²) >= 11 is 0. The summed E-state index contributed by atoms with van der Waals surface area (Å²) in [5, 5.41) is 4.84. The monoisotopic (exact) mass is 450 g/mol. The van der Waals surface area contributed by atoms with E-state index in [-0.39, 0.29) is 25.3 Å². The first-order chi connectivity index (χ1) is 14.7. The second kappa shape index (κ2) is 14.2. The highest BCUT2D eigenvalue weighted by atomic mass is 16.6. The van der Waals surface area contributed by atoms with Gasteiger partial charge in [-0.3, -0.25) is 14.4 Å². The first-order valence-corrected chi connectivity index (χ1v) is 10.6. The molecule has 0 saturated carbocycles. The first kappa shape index (κ1) is 29.1. The van der Waals surface area contributed by atoms with E-state index in [1.54, 1.807) is 34.6 Å². The maximum atomic E-state index is 12.1. The van der Waals surface area contributed by atoms with Gasteiger partial charge in [0.15, 0.2) is 0 Å². The number of benzene rings is 1. The molecule has 0 radical (unpaired) electrons. The Labute approximate surface area is 190 Å². The Morgan fingerprint density at radius 2 is 1.62 bits per heavy atom. The van der Waals surface area contributed by atoms with Crippen LogP contribution in [-0.2, 0) is 23.9 Å². The standard InChI is InChI=1S/C16H30N4O5.C7H8/c1-9(2)13(18)14(23)19-8-12(22)20-10(6-7-11(17)21)15(24)25-16(3,4)5;1-7-5-3-2-4-6-7/h9-10,13H,6-8,18H2,1-5H3,(H2,17,21)(H,19,23)(H,20,22);2-6H,1H3. The molecule has 9 nitrogen and oxygen atoms in total. The fraction of sp³-hybridized carbons (Fsp3) is 0.565. The highest BCUT2D eigenvalue weighted by Crippen LogP contribution is 2.10. The van der Waals surface area contributed by atoms with E-state index < -0.39 is 41.4 Å². The summed E-state index contributed by atoms with van der Waals surface area (Å²) in [7, 11) is 0. The molecule has 0 bridgehead atoms. The van der Waals surface area contributed by atoms with Crippen molar-refractivity contribution in [2.75, 3.05) is 6.54 Å². The number of nitrogens with one attached hydrogen (secondary N) is 2. The van der Waals surface area contributed by atoms with Crippen molar-refractivity contribution in [1.82, 2.24) is 10.6 Å². The molecule has 0 aliphatic heterocycles. The van der Waals surface area contributed by atoms with Gasteiger partial charge in [-0.25, -0.2) is 4.79 Å². The number of primary amides is 1. The van der Waals surface area contributed by atoms with Gasteiger partial charge < -0.3 is 26.8 Å². The van der Waals surface area contributed by atoms with Crippen LogP contribution in [0.25, 0.3) is 0 Å². The summed E-state index contributed by atoms with van der Waals surface area (Å²) in [6, 6.07) is 8.50. The minimum atomic E-state index is -1.03. The molecule has 9 heteroatoms. The Kier molecular flexibility index (Phi) is 12.9. The van der Waals surface area contributed by atoms with Crippen LogP contribution >= 0.6 is 0 Å². The van der Waals surface area contributed by atoms with E-state index in [2.05, 4.69) is 29.7 Å². The lowest BCUT2D eigenvalue weighted by Crippen LogP contribution is -2.50. The Morgan fingerprint density at radius 1 is 1.06 bits per heavy atom. The lowest BCUT2D eigenvalue weighted by Gasteiger charge is -2.24. The van der Waals surface area contributed by atoms with Crippen LogP contribution in [0.15, 0.2) is 30.3 Å². The molecule has 180 valence electrons. The maximum absolute atomic E-state index is 12.1. The number of nitrogens with two attached hydrogens (primary N) is 2. The van der Waals surface area contributed by atoms with E-state index in [0.717, 1.165) is 0 Å². The minimum absolute atomic E-state index is 0.00937. The van der Waals surface area contributed by atoms with E-state index >= 15 is 0 Å². The molecule has 1 aromatic carbocycles. The Balaban J connectivity index is 0.00000115. The van der Waals surface area contributed by atoms with Crippen molar-refractivity contribution < 1.29 is 23.9 Å². The van der Waals surface area contributed by atoms with E-state index in [1.807, 2.05) is 18.2 Å². The number of hydrogen-bond donors (Lipinski definition) is 4. The van der Waals surface area contributed by atoms with Gasteiger partial charge in [-0.2, -0.15) is 0 Å². The lowest BCUT2D eigenvalue weighted by molar-refractivity contribution is -0.158. The molecule has 32 heavy (non-hydrogen) atoms. The highest BCUT2D eigenvalue weighted by Gasteiger charge is 2.27. The van der Waals surface area contributed by atoms with Crippen LogP contribution in [0.4, 0.5) is 0 Å². The zero-order chi connectivity index (χ0) is 24.9. The molecule has 0 heterocycles. The van der Waals surface area contributed by atoms with Crippen molar-refractivity contribution in [3.8, 4) is 0 Å².